The van der Waals surface area contributed by atoms with Crippen LogP contribution >= 0.6 is 0 Å². The number of hydrogen-bond acceptors (Lipinski definition) is 4. The number of fused-ring (bicyclic) bond motifs is 1. The Bertz CT molecular complexity index is 917. The number of H-pyrrole nitrogens is 1. The van der Waals surface area contributed by atoms with Gasteiger partial charge in [-0.15, -0.1) is 0 Å². The Morgan fingerprint density at radius 3 is 3.12 bits per heavy atom. The highest BCUT2D eigenvalue weighted by molar-refractivity contribution is 6.05. The molecule has 0 spiro atoms. The maximum atomic E-state index is 13.9. The fraction of sp³-hybridized carbons (Fsp3) is 0.333. The molecule has 1 unspecified atom stereocenters. The number of aromatic nitrogens is 2. The van der Waals surface area contributed by atoms with Crippen LogP contribution in [0.25, 0.3) is 11.0 Å². The van der Waals surface area contributed by atoms with Gasteiger partial charge in [-0.2, -0.15) is 0 Å². The van der Waals surface area contributed by atoms with Crippen LogP contribution in [0.5, 0.6) is 0 Å². The summed E-state index contributed by atoms with van der Waals surface area (Å²) in [7, 11) is 0. The van der Waals surface area contributed by atoms with E-state index in [2.05, 4.69) is 9.97 Å². The average Bonchev–Trinajstić information content (AvgIpc) is 3.29. The lowest BCUT2D eigenvalue weighted by Gasteiger charge is -2.34. The van der Waals surface area contributed by atoms with Crippen molar-refractivity contribution in [2.24, 2.45) is 0 Å². The molecule has 3 heterocycles. The van der Waals surface area contributed by atoms with Crippen LogP contribution < -0.4 is 0 Å². The second kappa shape index (κ2) is 6.33. The summed E-state index contributed by atoms with van der Waals surface area (Å²) >= 11 is 0. The summed E-state index contributed by atoms with van der Waals surface area (Å²) in [6.07, 6.45) is 2.23. The van der Waals surface area contributed by atoms with Gasteiger partial charge < -0.3 is 19.0 Å². The van der Waals surface area contributed by atoms with Crippen LogP contribution in [0.1, 0.15) is 34.8 Å². The normalized spacial score (nSPS) is 18.0. The number of carbonyl (C=O) groups is 1. The number of nitrogens with one attached hydrogen (secondary N) is 1. The number of aromatic amines is 1. The second-order valence-electron chi connectivity index (χ2n) is 6.00. The molecular formula is C18H18FN3O3. The first-order valence-electron chi connectivity index (χ1n) is 8.27. The van der Waals surface area contributed by atoms with Gasteiger partial charge in [-0.05, 0) is 24.3 Å². The molecule has 0 radical (unpaired) electrons. The highest BCUT2D eigenvalue weighted by Crippen LogP contribution is 2.29. The lowest BCUT2D eigenvalue weighted by Crippen LogP contribution is -2.43. The van der Waals surface area contributed by atoms with Crippen molar-refractivity contribution in [2.45, 2.75) is 19.4 Å². The molecule has 25 heavy (non-hydrogen) atoms. The predicted octanol–water partition coefficient (Wildman–Crippen LogP) is 3.07. The Labute approximate surface area is 143 Å². The molecule has 1 N–H and O–H groups in total. The van der Waals surface area contributed by atoms with E-state index in [-0.39, 0.29) is 17.5 Å². The number of ether oxygens (including phenoxy) is 1. The summed E-state index contributed by atoms with van der Waals surface area (Å²) in [5.74, 6) is 0.781. The Morgan fingerprint density at radius 2 is 2.32 bits per heavy atom. The van der Waals surface area contributed by atoms with Crippen molar-refractivity contribution in [3.8, 4) is 0 Å². The Kier molecular flexibility index (Phi) is 4.01. The van der Waals surface area contributed by atoms with Crippen LogP contribution in [0, 0.1) is 5.82 Å². The first-order chi connectivity index (χ1) is 12.2. The largest absolute Gasteiger partial charge is 0.464 e. The minimum Gasteiger partial charge on any atom is -0.464 e. The molecule has 1 aliphatic heterocycles. The summed E-state index contributed by atoms with van der Waals surface area (Å²) in [5.41, 5.74) is 1.20. The minimum absolute atomic E-state index is 0.241. The van der Waals surface area contributed by atoms with Gasteiger partial charge in [0.1, 0.15) is 28.9 Å². The third-order valence-corrected chi connectivity index (χ3v) is 4.47. The lowest BCUT2D eigenvalue weighted by molar-refractivity contribution is -0.00893. The van der Waals surface area contributed by atoms with Crippen LogP contribution in [-0.4, -0.2) is 40.5 Å². The molecule has 1 saturated heterocycles. The molecule has 130 valence electrons. The molecule has 4 rings (SSSR count). The summed E-state index contributed by atoms with van der Waals surface area (Å²) in [6.45, 7) is 3.20. The number of furan rings is 1. The third-order valence-electron chi connectivity index (χ3n) is 4.47. The maximum absolute atomic E-state index is 13.9. The first kappa shape index (κ1) is 15.8. The molecule has 1 aromatic carbocycles. The number of hydrogen-bond donors (Lipinski definition) is 1. The maximum Gasteiger partial charge on any atom is 0.257 e. The van der Waals surface area contributed by atoms with Gasteiger partial charge in [0.15, 0.2) is 0 Å². The molecule has 0 aliphatic carbocycles. The molecule has 7 heteroatoms. The zero-order chi connectivity index (χ0) is 17.4. The van der Waals surface area contributed by atoms with Crippen molar-refractivity contribution in [3.05, 3.63) is 53.5 Å². The molecule has 3 aromatic rings. The number of imidazole rings is 1. The monoisotopic (exact) mass is 343 g/mol. The fourth-order valence-corrected chi connectivity index (χ4v) is 3.18. The van der Waals surface area contributed by atoms with E-state index in [0.29, 0.717) is 36.6 Å². The SMILES string of the molecule is CCc1ccc(C2COCCN2C(=O)c2cc(F)cc3[nH]cnc23)o1. The zero-order valence-corrected chi connectivity index (χ0v) is 13.8. The molecular weight excluding hydrogens is 325 g/mol. The van der Waals surface area contributed by atoms with Gasteiger partial charge in [-0.3, -0.25) is 4.79 Å². The molecule has 1 atom stereocenters. The number of nitrogens with zero attached hydrogens (tertiary/aromatic N) is 2. The molecule has 1 fully saturated rings. The van der Waals surface area contributed by atoms with Crippen molar-refractivity contribution in [1.29, 1.82) is 0 Å². The van der Waals surface area contributed by atoms with E-state index >= 15 is 0 Å². The van der Waals surface area contributed by atoms with E-state index in [0.717, 1.165) is 12.2 Å². The molecule has 2 aromatic heterocycles. The molecule has 0 saturated carbocycles. The van der Waals surface area contributed by atoms with Crippen LogP contribution in [0.15, 0.2) is 35.0 Å². The van der Waals surface area contributed by atoms with Crippen LogP contribution in [0.4, 0.5) is 4.39 Å². The van der Waals surface area contributed by atoms with Crippen LogP contribution in [0.2, 0.25) is 0 Å². The van der Waals surface area contributed by atoms with Gasteiger partial charge in [0, 0.05) is 13.0 Å². The predicted molar refractivity (Wildman–Crippen MR) is 88.7 cm³/mol. The highest BCUT2D eigenvalue weighted by atomic mass is 19.1. The summed E-state index contributed by atoms with van der Waals surface area (Å²) < 4.78 is 25.3. The average molecular weight is 343 g/mol. The van der Waals surface area contributed by atoms with Crippen molar-refractivity contribution >= 4 is 16.9 Å². The number of rotatable bonds is 3. The summed E-state index contributed by atoms with van der Waals surface area (Å²) in [5, 5.41) is 0. The molecule has 0 bridgehead atoms. The van der Waals surface area contributed by atoms with Gasteiger partial charge in [-0.25, -0.2) is 9.37 Å². The van der Waals surface area contributed by atoms with Crippen LogP contribution in [-0.2, 0) is 11.2 Å². The smallest absolute Gasteiger partial charge is 0.257 e. The van der Waals surface area contributed by atoms with E-state index in [1.807, 2.05) is 19.1 Å². The standard InChI is InChI=1S/C18H18FN3O3/c1-2-12-3-4-16(25-12)15-9-24-6-5-22(15)18(23)13-7-11(19)8-14-17(13)21-10-20-14/h3-4,7-8,10,15H,2,5-6,9H2,1H3,(H,20,21). The zero-order valence-electron chi connectivity index (χ0n) is 13.8. The van der Waals surface area contributed by atoms with Gasteiger partial charge in [-0.1, -0.05) is 6.92 Å². The molecule has 6 nitrogen and oxygen atoms in total. The van der Waals surface area contributed by atoms with Gasteiger partial charge in [0.25, 0.3) is 5.91 Å². The van der Waals surface area contributed by atoms with Crippen molar-refractivity contribution in [2.75, 3.05) is 19.8 Å². The van der Waals surface area contributed by atoms with E-state index < -0.39 is 5.82 Å². The van der Waals surface area contributed by atoms with E-state index in [1.165, 1.54) is 18.5 Å². The second-order valence-corrected chi connectivity index (χ2v) is 6.00. The Balaban J connectivity index is 1.72. The first-order valence-corrected chi connectivity index (χ1v) is 8.27. The third kappa shape index (κ3) is 2.80. The van der Waals surface area contributed by atoms with Gasteiger partial charge >= 0.3 is 0 Å². The van der Waals surface area contributed by atoms with E-state index in [1.54, 1.807) is 4.90 Å². The quantitative estimate of drug-likeness (QED) is 0.793. The van der Waals surface area contributed by atoms with Crippen molar-refractivity contribution in [3.63, 3.8) is 0 Å². The topological polar surface area (TPSA) is 71.4 Å². The summed E-state index contributed by atoms with van der Waals surface area (Å²) in [4.78, 5) is 21.8. The van der Waals surface area contributed by atoms with E-state index in [9.17, 15) is 9.18 Å². The number of halogens is 1. The van der Waals surface area contributed by atoms with Crippen LogP contribution in [0.3, 0.4) is 0 Å². The Morgan fingerprint density at radius 1 is 1.44 bits per heavy atom. The van der Waals surface area contributed by atoms with Gasteiger partial charge in [0.05, 0.1) is 30.6 Å². The number of amides is 1. The lowest BCUT2D eigenvalue weighted by atomic mass is 10.1. The van der Waals surface area contributed by atoms with Crippen molar-refractivity contribution < 1.29 is 18.3 Å². The molecule has 1 aliphatic rings. The molecule has 1 amide bonds. The summed E-state index contributed by atoms with van der Waals surface area (Å²) in [6, 6.07) is 6.00. The number of benzene rings is 1. The van der Waals surface area contributed by atoms with E-state index in [4.69, 9.17) is 9.15 Å². The number of carbonyl (C=O) groups excluding carboxylic acids is 1. The van der Waals surface area contributed by atoms with Gasteiger partial charge in [0.2, 0.25) is 0 Å². The van der Waals surface area contributed by atoms with Crippen molar-refractivity contribution in [1.82, 2.24) is 14.9 Å². The fourth-order valence-electron chi connectivity index (χ4n) is 3.18. The minimum atomic E-state index is -0.476. The number of aryl methyl sites for hydroxylation is 1. The Hall–Kier alpha value is -2.67. The highest BCUT2D eigenvalue weighted by Gasteiger charge is 2.32. The number of morpholine rings is 1.